The van der Waals surface area contributed by atoms with Crippen molar-refractivity contribution in [1.29, 1.82) is 0 Å². The number of H-pyrrole nitrogens is 1. The summed E-state index contributed by atoms with van der Waals surface area (Å²) in [5, 5.41) is 15.5. The van der Waals surface area contributed by atoms with Crippen molar-refractivity contribution in [2.75, 3.05) is 6.54 Å². The quantitative estimate of drug-likeness (QED) is 0.236. The zero-order chi connectivity index (χ0) is 26.4. The number of hydrogen-bond acceptors (Lipinski definition) is 6. The standard InChI is InChI=1S/C24H32N6O6/c1-13(25)23(34)30-10-4-7-19(30)22(33)29-18(11-14-12-27-16-6-3-2-5-15(14)16)21(32)28-17(24(35)36)8-9-20(26)31/h2-3,5-6,12-13,17-19,27H,4,7-11,25H2,1H3,(H2,26,31)(H,28,32)(H,29,33)(H,35,36). The summed E-state index contributed by atoms with van der Waals surface area (Å²) in [4.78, 5) is 66.2. The van der Waals surface area contributed by atoms with Crippen LogP contribution in [-0.4, -0.2) is 75.3 Å². The van der Waals surface area contributed by atoms with E-state index in [0.29, 0.717) is 19.4 Å². The first kappa shape index (κ1) is 26.7. The van der Waals surface area contributed by atoms with Gasteiger partial charge in [-0.3, -0.25) is 19.2 Å². The number of aliphatic carboxylic acids is 1. The highest BCUT2D eigenvalue weighted by atomic mass is 16.4. The van der Waals surface area contributed by atoms with Gasteiger partial charge in [-0.15, -0.1) is 0 Å². The van der Waals surface area contributed by atoms with Gasteiger partial charge in [0.25, 0.3) is 0 Å². The number of aromatic nitrogens is 1. The lowest BCUT2D eigenvalue weighted by Crippen LogP contribution is -2.57. The molecule has 4 amide bonds. The van der Waals surface area contributed by atoms with E-state index >= 15 is 0 Å². The Balaban J connectivity index is 1.83. The van der Waals surface area contributed by atoms with Gasteiger partial charge >= 0.3 is 5.97 Å². The Morgan fingerprint density at radius 2 is 1.89 bits per heavy atom. The number of nitrogens with two attached hydrogens (primary N) is 2. The first-order chi connectivity index (χ1) is 17.1. The summed E-state index contributed by atoms with van der Waals surface area (Å²) >= 11 is 0. The largest absolute Gasteiger partial charge is 0.480 e. The van der Waals surface area contributed by atoms with Gasteiger partial charge in [-0.1, -0.05) is 18.2 Å². The number of carbonyl (C=O) groups is 5. The molecule has 4 atom stereocenters. The van der Waals surface area contributed by atoms with Crippen LogP contribution in [0, 0.1) is 0 Å². The fraction of sp³-hybridized carbons (Fsp3) is 0.458. The molecule has 1 aromatic carbocycles. The summed E-state index contributed by atoms with van der Waals surface area (Å²) in [5.41, 5.74) is 12.4. The average molecular weight is 501 g/mol. The maximum absolute atomic E-state index is 13.2. The van der Waals surface area contributed by atoms with Crippen LogP contribution in [0.2, 0.25) is 0 Å². The normalized spacial score (nSPS) is 17.8. The number of para-hydroxylation sites is 1. The Kier molecular flexibility index (Phi) is 8.64. The number of nitrogens with zero attached hydrogens (tertiary/aromatic N) is 1. The smallest absolute Gasteiger partial charge is 0.326 e. The van der Waals surface area contributed by atoms with E-state index in [-0.39, 0.29) is 25.2 Å². The van der Waals surface area contributed by atoms with E-state index in [1.165, 1.54) is 4.90 Å². The molecule has 4 unspecified atom stereocenters. The average Bonchev–Trinajstić information content (AvgIpc) is 3.48. The SMILES string of the molecule is CC(N)C(=O)N1CCCC1C(=O)NC(Cc1c[nH]c2ccccc12)C(=O)NC(CCC(N)=O)C(=O)O. The van der Waals surface area contributed by atoms with Crippen molar-refractivity contribution in [2.24, 2.45) is 11.5 Å². The molecule has 1 saturated heterocycles. The third-order valence-electron chi connectivity index (χ3n) is 6.25. The molecule has 2 heterocycles. The summed E-state index contributed by atoms with van der Waals surface area (Å²) in [6.07, 6.45) is 2.40. The molecule has 0 aliphatic carbocycles. The van der Waals surface area contributed by atoms with Crippen LogP contribution in [0.3, 0.4) is 0 Å². The van der Waals surface area contributed by atoms with Crippen LogP contribution in [0.15, 0.2) is 30.5 Å². The van der Waals surface area contributed by atoms with Gasteiger partial charge in [0.2, 0.25) is 23.6 Å². The van der Waals surface area contributed by atoms with Crippen molar-refractivity contribution in [3.8, 4) is 0 Å². The van der Waals surface area contributed by atoms with Crippen LogP contribution in [0.4, 0.5) is 0 Å². The van der Waals surface area contributed by atoms with Gasteiger partial charge in [-0.05, 0) is 37.8 Å². The van der Waals surface area contributed by atoms with E-state index in [1.807, 2.05) is 24.3 Å². The number of benzene rings is 1. The monoisotopic (exact) mass is 500 g/mol. The molecule has 12 heteroatoms. The molecule has 36 heavy (non-hydrogen) atoms. The van der Waals surface area contributed by atoms with Crippen LogP contribution < -0.4 is 22.1 Å². The number of rotatable bonds is 11. The number of likely N-dealkylation sites (tertiary alicyclic amines) is 1. The predicted molar refractivity (Wildman–Crippen MR) is 130 cm³/mol. The zero-order valence-electron chi connectivity index (χ0n) is 20.0. The minimum Gasteiger partial charge on any atom is -0.480 e. The van der Waals surface area contributed by atoms with Gasteiger partial charge in [0, 0.05) is 36.5 Å². The Morgan fingerprint density at radius 1 is 1.17 bits per heavy atom. The molecule has 1 aliphatic heterocycles. The third kappa shape index (κ3) is 6.39. The van der Waals surface area contributed by atoms with Crippen LogP contribution >= 0.6 is 0 Å². The Bertz CT molecular complexity index is 1150. The molecule has 0 spiro atoms. The van der Waals surface area contributed by atoms with E-state index in [1.54, 1.807) is 13.1 Å². The molecular weight excluding hydrogens is 468 g/mol. The summed E-state index contributed by atoms with van der Waals surface area (Å²) in [7, 11) is 0. The van der Waals surface area contributed by atoms with Crippen LogP contribution in [0.5, 0.6) is 0 Å². The van der Waals surface area contributed by atoms with Crippen molar-refractivity contribution >= 4 is 40.5 Å². The van der Waals surface area contributed by atoms with Gasteiger partial charge in [0.05, 0.1) is 6.04 Å². The molecule has 1 fully saturated rings. The lowest BCUT2D eigenvalue weighted by Gasteiger charge is -2.28. The lowest BCUT2D eigenvalue weighted by atomic mass is 10.0. The lowest BCUT2D eigenvalue weighted by molar-refractivity contribution is -0.143. The number of fused-ring (bicyclic) bond motifs is 1. The fourth-order valence-corrected chi connectivity index (χ4v) is 4.38. The molecular formula is C24H32N6O6. The number of hydrogen-bond donors (Lipinski definition) is 6. The summed E-state index contributed by atoms with van der Waals surface area (Å²) in [5.74, 6) is -3.63. The molecule has 8 N–H and O–H groups in total. The van der Waals surface area contributed by atoms with E-state index in [2.05, 4.69) is 15.6 Å². The Morgan fingerprint density at radius 3 is 2.56 bits per heavy atom. The summed E-state index contributed by atoms with van der Waals surface area (Å²) in [6.45, 7) is 1.92. The Labute approximate surface area is 207 Å². The number of amides is 4. The Hall–Kier alpha value is -3.93. The van der Waals surface area contributed by atoms with E-state index in [0.717, 1.165) is 16.5 Å². The molecule has 1 aliphatic rings. The van der Waals surface area contributed by atoms with Gasteiger partial charge in [0.1, 0.15) is 18.1 Å². The van der Waals surface area contributed by atoms with E-state index in [9.17, 15) is 29.1 Å². The topological polar surface area (TPSA) is 201 Å². The third-order valence-corrected chi connectivity index (χ3v) is 6.25. The number of carboxylic acids is 1. The van der Waals surface area contributed by atoms with Crippen LogP contribution in [-0.2, 0) is 30.4 Å². The minimum atomic E-state index is -1.37. The number of nitrogens with one attached hydrogen (secondary N) is 3. The van der Waals surface area contributed by atoms with Gasteiger partial charge in [-0.25, -0.2) is 4.79 Å². The maximum Gasteiger partial charge on any atom is 0.326 e. The highest BCUT2D eigenvalue weighted by Crippen LogP contribution is 2.21. The minimum absolute atomic E-state index is 0.0672. The highest BCUT2D eigenvalue weighted by molar-refractivity contribution is 5.95. The van der Waals surface area contributed by atoms with Crippen LogP contribution in [0.25, 0.3) is 10.9 Å². The van der Waals surface area contributed by atoms with E-state index < -0.39 is 47.9 Å². The van der Waals surface area contributed by atoms with Crippen LogP contribution in [0.1, 0.15) is 38.2 Å². The maximum atomic E-state index is 13.2. The fourth-order valence-electron chi connectivity index (χ4n) is 4.38. The molecule has 2 aromatic rings. The van der Waals surface area contributed by atoms with Gasteiger partial charge < -0.3 is 37.1 Å². The molecule has 0 radical (unpaired) electrons. The second kappa shape index (κ2) is 11.7. The second-order valence-corrected chi connectivity index (χ2v) is 9.01. The molecule has 1 aromatic heterocycles. The van der Waals surface area contributed by atoms with Crippen molar-refractivity contribution < 1.29 is 29.1 Å². The number of primary amides is 1. The van der Waals surface area contributed by atoms with Crippen molar-refractivity contribution in [1.82, 2.24) is 20.5 Å². The molecule has 0 saturated carbocycles. The zero-order valence-corrected chi connectivity index (χ0v) is 20.0. The van der Waals surface area contributed by atoms with Gasteiger partial charge in [-0.2, -0.15) is 0 Å². The van der Waals surface area contributed by atoms with Crippen molar-refractivity contribution in [3.63, 3.8) is 0 Å². The number of carboxylic acid groups (broad SMARTS) is 1. The first-order valence-corrected chi connectivity index (χ1v) is 11.8. The first-order valence-electron chi connectivity index (χ1n) is 11.8. The molecule has 12 nitrogen and oxygen atoms in total. The van der Waals surface area contributed by atoms with E-state index in [4.69, 9.17) is 11.5 Å². The van der Waals surface area contributed by atoms with Crippen molar-refractivity contribution in [2.45, 2.75) is 63.2 Å². The summed E-state index contributed by atoms with van der Waals surface area (Å²) < 4.78 is 0. The predicted octanol–water partition coefficient (Wildman–Crippen LogP) is -0.632. The summed E-state index contributed by atoms with van der Waals surface area (Å²) in [6, 6.07) is 3.37. The number of carbonyl (C=O) groups excluding carboxylic acids is 4. The molecule has 3 rings (SSSR count). The second-order valence-electron chi connectivity index (χ2n) is 9.01. The van der Waals surface area contributed by atoms with Crippen molar-refractivity contribution in [3.05, 3.63) is 36.0 Å². The number of aromatic amines is 1. The highest BCUT2D eigenvalue weighted by Gasteiger charge is 2.37. The molecule has 194 valence electrons. The molecule has 0 bridgehead atoms. The van der Waals surface area contributed by atoms with Gasteiger partial charge in [0.15, 0.2) is 0 Å².